The summed E-state index contributed by atoms with van der Waals surface area (Å²) in [5.41, 5.74) is 4.48. The molecule has 0 aliphatic carbocycles. The highest BCUT2D eigenvalue weighted by molar-refractivity contribution is 8.00. The normalized spacial score (nSPS) is 15.6. The second-order valence-electron chi connectivity index (χ2n) is 7.77. The van der Waals surface area contributed by atoms with Crippen LogP contribution in [0.2, 0.25) is 0 Å². The van der Waals surface area contributed by atoms with Crippen LogP contribution in [0, 0.1) is 6.92 Å². The van der Waals surface area contributed by atoms with E-state index in [1.165, 1.54) is 5.56 Å². The zero-order valence-electron chi connectivity index (χ0n) is 18.2. The van der Waals surface area contributed by atoms with E-state index in [0.717, 1.165) is 17.5 Å². The summed E-state index contributed by atoms with van der Waals surface area (Å²) in [5.74, 6) is 1.06. The van der Waals surface area contributed by atoms with Crippen molar-refractivity contribution in [3.05, 3.63) is 95.1 Å². The van der Waals surface area contributed by atoms with Crippen LogP contribution in [0.15, 0.2) is 72.8 Å². The number of aryl methyl sites for hydroxylation is 1. The lowest BCUT2D eigenvalue weighted by Gasteiger charge is -2.24. The van der Waals surface area contributed by atoms with Crippen molar-refractivity contribution in [2.75, 3.05) is 24.7 Å². The highest BCUT2D eigenvalue weighted by atomic mass is 32.2. The Balaban J connectivity index is 1.45. The molecule has 0 unspecified atom stereocenters. The summed E-state index contributed by atoms with van der Waals surface area (Å²) >= 11 is 1.63. The van der Waals surface area contributed by atoms with Crippen molar-refractivity contribution in [3.63, 3.8) is 0 Å². The second kappa shape index (κ2) is 9.92. The number of nitrogens with one attached hydrogen (secondary N) is 1. The number of methoxy groups -OCH3 is 1. The molecule has 1 fully saturated rings. The van der Waals surface area contributed by atoms with Gasteiger partial charge in [-0.05, 0) is 54.3 Å². The van der Waals surface area contributed by atoms with Crippen molar-refractivity contribution in [1.29, 1.82) is 0 Å². The first-order valence-electron chi connectivity index (χ1n) is 10.6. The number of benzene rings is 3. The van der Waals surface area contributed by atoms with Crippen LogP contribution in [-0.4, -0.2) is 36.1 Å². The molecule has 3 aromatic carbocycles. The number of nitrogens with zero attached hydrogens (tertiary/aromatic N) is 1. The number of ether oxygens (including phenoxy) is 1. The third-order valence-electron chi connectivity index (χ3n) is 5.51. The van der Waals surface area contributed by atoms with Crippen LogP contribution < -0.4 is 10.1 Å². The number of carbonyl (C=O) groups is 2. The monoisotopic (exact) mass is 446 g/mol. The van der Waals surface area contributed by atoms with Crippen molar-refractivity contribution in [2.24, 2.45) is 0 Å². The maximum atomic E-state index is 12.8. The Morgan fingerprint density at radius 1 is 1.09 bits per heavy atom. The number of anilines is 1. The molecule has 1 saturated heterocycles. The van der Waals surface area contributed by atoms with Gasteiger partial charge in [-0.25, -0.2) is 0 Å². The van der Waals surface area contributed by atoms with Gasteiger partial charge in [0.25, 0.3) is 5.91 Å². The second-order valence-corrected chi connectivity index (χ2v) is 8.83. The molecule has 0 bridgehead atoms. The number of thioether (sulfide) groups is 1. The van der Waals surface area contributed by atoms with E-state index in [-0.39, 0.29) is 17.2 Å². The molecule has 0 aromatic heterocycles. The smallest absolute Gasteiger partial charge is 0.255 e. The van der Waals surface area contributed by atoms with E-state index in [2.05, 4.69) is 17.4 Å². The molecule has 1 N–H and O–H groups in total. The molecule has 5 nitrogen and oxygen atoms in total. The van der Waals surface area contributed by atoms with E-state index in [1.54, 1.807) is 18.9 Å². The molecule has 1 heterocycles. The van der Waals surface area contributed by atoms with E-state index in [0.29, 0.717) is 29.3 Å². The van der Waals surface area contributed by atoms with Crippen molar-refractivity contribution in [3.8, 4) is 5.75 Å². The highest BCUT2D eigenvalue weighted by Gasteiger charge is 2.32. The number of amides is 2. The van der Waals surface area contributed by atoms with E-state index in [9.17, 15) is 9.59 Å². The third kappa shape index (κ3) is 4.97. The van der Waals surface area contributed by atoms with Crippen LogP contribution in [0.3, 0.4) is 0 Å². The van der Waals surface area contributed by atoms with Crippen molar-refractivity contribution >= 4 is 29.3 Å². The molecule has 6 heteroatoms. The van der Waals surface area contributed by atoms with Gasteiger partial charge in [0.05, 0.1) is 18.6 Å². The Kier molecular flexibility index (Phi) is 6.81. The minimum absolute atomic E-state index is 0.0276. The fraction of sp³-hybridized carbons (Fsp3) is 0.231. The van der Waals surface area contributed by atoms with E-state index >= 15 is 0 Å². The fourth-order valence-corrected chi connectivity index (χ4v) is 5.00. The Morgan fingerprint density at radius 2 is 1.84 bits per heavy atom. The number of hydrogen-bond donors (Lipinski definition) is 1. The van der Waals surface area contributed by atoms with Gasteiger partial charge in [-0.2, -0.15) is 0 Å². The summed E-state index contributed by atoms with van der Waals surface area (Å²) in [4.78, 5) is 27.2. The van der Waals surface area contributed by atoms with Gasteiger partial charge < -0.3 is 15.0 Å². The standard InChI is InChI=1S/C26H26N2O3S/c1-18-8-13-23(31-2)22(16-18)27-25(30)20-9-11-21(12-10-20)26-28(24(29)17-32-26)15-14-19-6-4-3-5-7-19/h3-13,16,26H,14-15,17H2,1-2H3,(H,27,30)/t26-/m1/s1. The summed E-state index contributed by atoms with van der Waals surface area (Å²) in [6, 6.07) is 23.4. The lowest BCUT2D eigenvalue weighted by atomic mass is 10.1. The first-order valence-corrected chi connectivity index (χ1v) is 11.6. The van der Waals surface area contributed by atoms with Crippen molar-refractivity contribution in [2.45, 2.75) is 18.7 Å². The van der Waals surface area contributed by atoms with Gasteiger partial charge in [-0.1, -0.05) is 48.5 Å². The zero-order valence-corrected chi connectivity index (χ0v) is 19.0. The quantitative estimate of drug-likeness (QED) is 0.550. The summed E-state index contributed by atoms with van der Waals surface area (Å²) in [6.45, 7) is 2.64. The van der Waals surface area contributed by atoms with Crippen LogP contribution in [-0.2, 0) is 11.2 Å². The average Bonchev–Trinajstić information content (AvgIpc) is 3.19. The van der Waals surface area contributed by atoms with Gasteiger partial charge in [-0.15, -0.1) is 11.8 Å². The van der Waals surface area contributed by atoms with Gasteiger partial charge in [-0.3, -0.25) is 9.59 Å². The Morgan fingerprint density at radius 3 is 2.56 bits per heavy atom. The fourth-order valence-electron chi connectivity index (χ4n) is 3.78. The molecule has 0 spiro atoms. The molecule has 0 saturated carbocycles. The minimum atomic E-state index is -0.198. The first-order chi connectivity index (χ1) is 15.5. The maximum absolute atomic E-state index is 12.8. The van der Waals surface area contributed by atoms with Crippen LogP contribution in [0.1, 0.15) is 32.4 Å². The average molecular weight is 447 g/mol. The molecule has 164 valence electrons. The van der Waals surface area contributed by atoms with E-state index in [4.69, 9.17) is 4.74 Å². The van der Waals surface area contributed by atoms with Gasteiger partial charge in [0.2, 0.25) is 5.91 Å². The van der Waals surface area contributed by atoms with Crippen LogP contribution in [0.4, 0.5) is 5.69 Å². The van der Waals surface area contributed by atoms with Gasteiger partial charge >= 0.3 is 0 Å². The summed E-state index contributed by atoms with van der Waals surface area (Å²) in [7, 11) is 1.58. The molecule has 1 aliphatic rings. The summed E-state index contributed by atoms with van der Waals surface area (Å²) in [6.07, 6.45) is 0.822. The molecule has 0 radical (unpaired) electrons. The molecular weight excluding hydrogens is 420 g/mol. The number of carbonyl (C=O) groups excluding carboxylic acids is 2. The van der Waals surface area contributed by atoms with Crippen LogP contribution in [0.25, 0.3) is 0 Å². The largest absolute Gasteiger partial charge is 0.495 e. The zero-order chi connectivity index (χ0) is 22.5. The maximum Gasteiger partial charge on any atom is 0.255 e. The molecule has 32 heavy (non-hydrogen) atoms. The predicted octanol–water partition coefficient (Wildman–Crippen LogP) is 5.07. The van der Waals surface area contributed by atoms with Gasteiger partial charge in [0, 0.05) is 12.1 Å². The number of rotatable bonds is 7. The first kappa shape index (κ1) is 22.0. The molecular formula is C26H26N2O3S. The van der Waals surface area contributed by atoms with Crippen molar-refractivity contribution in [1.82, 2.24) is 4.90 Å². The lowest BCUT2D eigenvalue weighted by molar-refractivity contribution is -0.128. The molecule has 1 aliphatic heterocycles. The lowest BCUT2D eigenvalue weighted by Crippen LogP contribution is -2.30. The van der Waals surface area contributed by atoms with Crippen LogP contribution in [0.5, 0.6) is 5.75 Å². The predicted molar refractivity (Wildman–Crippen MR) is 129 cm³/mol. The highest BCUT2D eigenvalue weighted by Crippen LogP contribution is 2.38. The van der Waals surface area contributed by atoms with Crippen molar-refractivity contribution < 1.29 is 14.3 Å². The molecule has 2 amide bonds. The van der Waals surface area contributed by atoms with E-state index in [1.807, 2.05) is 72.5 Å². The molecule has 3 aromatic rings. The topological polar surface area (TPSA) is 58.6 Å². The Hall–Kier alpha value is -3.25. The molecule has 1 atom stereocenters. The minimum Gasteiger partial charge on any atom is -0.495 e. The number of hydrogen-bond acceptors (Lipinski definition) is 4. The Bertz CT molecular complexity index is 1100. The third-order valence-corrected chi connectivity index (χ3v) is 6.77. The van der Waals surface area contributed by atoms with Gasteiger partial charge in [0.1, 0.15) is 11.1 Å². The SMILES string of the molecule is COc1ccc(C)cc1NC(=O)c1ccc([C@H]2SCC(=O)N2CCc2ccccc2)cc1. The van der Waals surface area contributed by atoms with Gasteiger partial charge in [0.15, 0.2) is 0 Å². The van der Waals surface area contributed by atoms with Crippen LogP contribution >= 0.6 is 11.8 Å². The summed E-state index contributed by atoms with van der Waals surface area (Å²) < 4.78 is 5.35. The van der Waals surface area contributed by atoms with E-state index < -0.39 is 0 Å². The molecule has 4 rings (SSSR count). The Labute approximate surface area is 192 Å². The summed E-state index contributed by atoms with van der Waals surface area (Å²) in [5, 5.41) is 2.90.